The molecule has 0 rings (SSSR count). The maximum Gasteiger partial charge on any atom is 0.305 e. The second kappa shape index (κ2) is 59.4. The Balaban J connectivity index is 7.26. The number of nitrogens with one attached hydrogen (secondary N) is 1. The number of primary amides is 1. The van der Waals surface area contributed by atoms with E-state index in [1.165, 1.54) is 88.7 Å². The molecule has 5 N–H and O–H groups in total. The summed E-state index contributed by atoms with van der Waals surface area (Å²) in [5.41, 5.74) is 5.75. The van der Waals surface area contributed by atoms with E-state index >= 15 is 9.59 Å². The van der Waals surface area contributed by atoms with Gasteiger partial charge in [-0.15, -0.1) is 0 Å². The largest absolute Gasteiger partial charge is 0.466 e. The highest BCUT2D eigenvalue weighted by atomic mass is 16.5. The minimum atomic E-state index is -0.733. The molecule has 2 unspecified atom stereocenters. The average molecular weight is 1290 g/mol. The lowest BCUT2D eigenvalue weighted by molar-refractivity contribution is -0.148. The van der Waals surface area contributed by atoms with Crippen LogP contribution >= 0.6 is 0 Å². The first-order valence-electron chi connectivity index (χ1n) is 37.1. The van der Waals surface area contributed by atoms with Crippen molar-refractivity contribution in [2.45, 2.75) is 299 Å². The van der Waals surface area contributed by atoms with Crippen LogP contribution in [0.3, 0.4) is 0 Å². The van der Waals surface area contributed by atoms with Crippen molar-refractivity contribution in [3.05, 3.63) is 0 Å². The molecule has 19 nitrogen and oxygen atoms in total. The van der Waals surface area contributed by atoms with Gasteiger partial charge in [0.05, 0.1) is 71.7 Å². The molecule has 2 atom stereocenters. The van der Waals surface area contributed by atoms with Gasteiger partial charge in [-0.2, -0.15) is 0 Å². The number of aliphatic hydroxyl groups is 2. The molecule has 0 aromatic carbocycles. The van der Waals surface area contributed by atoms with Crippen LogP contribution in [0.2, 0.25) is 0 Å². The Kier molecular flexibility index (Phi) is 56.5. The molecule has 0 bridgehead atoms. The van der Waals surface area contributed by atoms with Crippen molar-refractivity contribution in [3.63, 3.8) is 0 Å². The van der Waals surface area contributed by atoms with Crippen molar-refractivity contribution in [3.8, 4) is 0 Å². The second-order valence-electron chi connectivity index (χ2n) is 26.0. The van der Waals surface area contributed by atoms with Crippen LogP contribution in [0.5, 0.6) is 0 Å². The number of nitrogens with zero attached hydrogens (tertiary/aromatic N) is 6. The average Bonchev–Trinajstić information content (AvgIpc) is 2.41. The number of hydrogen-bond donors (Lipinski definition) is 4. The maximum absolute atomic E-state index is 15.2. The molecule has 0 radical (unpaired) electrons. The summed E-state index contributed by atoms with van der Waals surface area (Å²) >= 11 is 0. The van der Waals surface area contributed by atoms with Crippen LogP contribution in [-0.2, 0) is 43.1 Å². The molecule has 532 valence electrons. The van der Waals surface area contributed by atoms with E-state index in [-0.39, 0.29) is 109 Å². The third-order valence-corrected chi connectivity index (χ3v) is 17.8. The van der Waals surface area contributed by atoms with Crippen LogP contribution in [0.15, 0.2) is 0 Å². The van der Waals surface area contributed by atoms with Gasteiger partial charge >= 0.3 is 5.97 Å². The number of nitrogens with two attached hydrogens (primary N) is 1. The normalized spacial score (nSPS) is 12.0. The Morgan fingerprint density at radius 1 is 0.363 bits per heavy atom. The van der Waals surface area contributed by atoms with Crippen molar-refractivity contribution in [1.29, 1.82) is 0 Å². The van der Waals surface area contributed by atoms with Gasteiger partial charge in [0.25, 0.3) is 0 Å². The molecular weight excluding hydrogens is 1150 g/mol. The van der Waals surface area contributed by atoms with Crippen LogP contribution in [0.25, 0.3) is 0 Å². The van der Waals surface area contributed by atoms with Crippen molar-refractivity contribution >= 4 is 47.3 Å². The summed E-state index contributed by atoms with van der Waals surface area (Å²) in [6.07, 6.45) is 35.2. The number of hydrogen-bond acceptors (Lipinski definition) is 12. The van der Waals surface area contributed by atoms with Gasteiger partial charge in [-0.25, -0.2) is 0 Å². The summed E-state index contributed by atoms with van der Waals surface area (Å²) in [6.45, 7) is 15.4. The molecular formula is C72H138N8O11. The fourth-order valence-electron chi connectivity index (χ4n) is 11.5. The van der Waals surface area contributed by atoms with Gasteiger partial charge in [0.1, 0.15) is 0 Å². The van der Waals surface area contributed by atoms with Crippen LogP contribution < -0.4 is 11.1 Å². The maximum atomic E-state index is 15.2. The van der Waals surface area contributed by atoms with Crippen LogP contribution in [0, 0.1) is 11.8 Å². The van der Waals surface area contributed by atoms with E-state index < -0.39 is 61.2 Å². The lowest BCUT2D eigenvalue weighted by Gasteiger charge is -2.34. The Morgan fingerprint density at radius 2 is 0.659 bits per heavy atom. The fraction of sp³-hybridized carbons (Fsp3) is 0.889. The number of carbonyl (C=O) groups excluding carboxylic acids is 8. The zero-order valence-electron chi connectivity index (χ0n) is 59.5. The Morgan fingerprint density at radius 3 is 1.01 bits per heavy atom. The van der Waals surface area contributed by atoms with Gasteiger partial charge in [-0.3, -0.25) is 38.4 Å². The zero-order chi connectivity index (χ0) is 67.7. The molecule has 0 aromatic heterocycles. The first-order chi connectivity index (χ1) is 44.0. The minimum absolute atomic E-state index is 0.0167. The molecule has 0 fully saturated rings. The Hall–Kier alpha value is -4.36. The number of ether oxygens (including phenoxy) is 1. The minimum Gasteiger partial charge on any atom is -0.466 e. The van der Waals surface area contributed by atoms with Gasteiger partial charge in [-0.05, 0) is 56.8 Å². The van der Waals surface area contributed by atoms with Crippen molar-refractivity contribution in [2.75, 3.05) is 105 Å². The Labute approximate surface area is 554 Å². The number of amides is 7. The lowest BCUT2D eigenvalue weighted by Crippen LogP contribution is -2.53. The third kappa shape index (κ3) is 45.6. The summed E-state index contributed by atoms with van der Waals surface area (Å²) < 4.78 is 5.68. The molecule has 0 saturated carbocycles. The monoisotopic (exact) mass is 1290 g/mol. The lowest BCUT2D eigenvalue weighted by atomic mass is 9.98. The molecule has 7 amide bonds. The van der Waals surface area contributed by atoms with E-state index in [0.717, 1.165) is 141 Å². The topological polar surface area (TPSA) is 244 Å². The van der Waals surface area contributed by atoms with E-state index in [4.69, 9.17) is 10.5 Å². The number of carbonyl (C=O) groups is 8. The zero-order valence-corrected chi connectivity index (χ0v) is 59.5. The summed E-state index contributed by atoms with van der Waals surface area (Å²) in [5, 5.41) is 22.3. The smallest absolute Gasteiger partial charge is 0.305 e. The van der Waals surface area contributed by atoms with E-state index in [2.05, 4.69) is 60.7 Å². The fourth-order valence-corrected chi connectivity index (χ4v) is 11.5. The van der Waals surface area contributed by atoms with Crippen LogP contribution in [-0.4, -0.2) is 198 Å². The van der Waals surface area contributed by atoms with Gasteiger partial charge in [0.2, 0.25) is 41.4 Å². The molecule has 0 saturated heterocycles. The number of rotatable bonds is 64. The van der Waals surface area contributed by atoms with Crippen LogP contribution in [0.1, 0.15) is 293 Å². The Bertz CT molecular complexity index is 1880. The predicted octanol–water partition coefficient (Wildman–Crippen LogP) is 11.8. The molecule has 0 aromatic rings. The van der Waals surface area contributed by atoms with Crippen molar-refractivity contribution in [1.82, 2.24) is 34.7 Å². The highest BCUT2D eigenvalue weighted by Gasteiger charge is 2.31. The second-order valence-corrected chi connectivity index (χ2v) is 26.0. The van der Waals surface area contributed by atoms with Gasteiger partial charge in [0, 0.05) is 45.7 Å². The first kappa shape index (κ1) is 86.6. The number of unbranched alkanes of at least 4 members (excludes halogenated alkanes) is 25. The molecule has 91 heavy (non-hydrogen) atoms. The molecule has 0 aliphatic rings. The van der Waals surface area contributed by atoms with E-state index in [1.807, 2.05) is 0 Å². The van der Waals surface area contributed by atoms with E-state index in [1.54, 1.807) is 4.90 Å². The SMILES string of the molecule is CCCCCCCCCCCCN(CC(=O)N(CC(N)=O)CC(CC)CCCC)C(=O)CN(CCCCCC)C(=O)CN(CC(CC)CCCC)C(=O)CN(CCCOC(=O)CCCCCCCCCCC)C(=O)CN(CCCCCC)C(=O)CNC(CO)CO. The molecule has 19 heteroatoms. The summed E-state index contributed by atoms with van der Waals surface area (Å²) in [4.78, 5) is 123. The van der Waals surface area contributed by atoms with E-state index in [0.29, 0.717) is 32.4 Å². The number of esters is 1. The standard InChI is InChI=1S/C72H138N8O11/c1-9-17-23-27-29-31-33-35-37-41-48-77(57-70(88)79(54-65(73)83)52-62(15-7)43-21-13-5)68(86)56-76(47-40-26-20-12-4)69(87)59-80(53-63(16-8)44-22-14-6)71(89)58-78(49-42-50-91-72(90)45-38-36-34-32-30-28-24-18-10-2)67(85)55-75(46-39-25-19-11-3)66(84)51-74-64(60-81)61-82/h62-64,74,81-82H,9-61H2,1-8H3,(H2,73,83). The van der Waals surface area contributed by atoms with E-state index in [9.17, 15) is 39.0 Å². The molecule has 0 heterocycles. The third-order valence-electron chi connectivity index (χ3n) is 17.8. The molecule has 0 aliphatic carbocycles. The quantitative estimate of drug-likeness (QED) is 0.0328. The number of aliphatic hydroxyl groups excluding tert-OH is 2. The van der Waals surface area contributed by atoms with Crippen molar-refractivity contribution < 1.29 is 53.3 Å². The highest BCUT2D eigenvalue weighted by molar-refractivity contribution is 5.93. The molecule has 0 aliphatic heterocycles. The summed E-state index contributed by atoms with van der Waals surface area (Å²) in [6, 6.07) is -0.733. The highest BCUT2D eigenvalue weighted by Crippen LogP contribution is 2.19. The van der Waals surface area contributed by atoms with Crippen molar-refractivity contribution in [2.24, 2.45) is 17.6 Å². The van der Waals surface area contributed by atoms with Crippen LogP contribution in [0.4, 0.5) is 0 Å². The summed E-state index contributed by atoms with van der Waals surface area (Å²) in [5.74, 6) is -3.33. The van der Waals surface area contributed by atoms with Gasteiger partial charge in [0.15, 0.2) is 0 Å². The van der Waals surface area contributed by atoms with Gasteiger partial charge < -0.3 is 55.4 Å². The van der Waals surface area contributed by atoms with Gasteiger partial charge in [-0.1, -0.05) is 242 Å². The summed E-state index contributed by atoms with van der Waals surface area (Å²) in [7, 11) is 0. The molecule has 0 spiro atoms. The first-order valence-corrected chi connectivity index (χ1v) is 37.1. The predicted molar refractivity (Wildman–Crippen MR) is 369 cm³/mol.